The van der Waals surface area contributed by atoms with Gasteiger partial charge in [-0.1, -0.05) is 94.3 Å². The van der Waals surface area contributed by atoms with Crippen LogP contribution in [0, 0.1) is 5.92 Å². The van der Waals surface area contributed by atoms with Crippen LogP contribution in [0.25, 0.3) is 0 Å². The number of benzene rings is 2. The van der Waals surface area contributed by atoms with Crippen LogP contribution in [0.3, 0.4) is 0 Å². The third kappa shape index (κ3) is 9.28. The minimum absolute atomic E-state index is 0. The Hall–Kier alpha value is -3.22. The van der Waals surface area contributed by atoms with Crippen LogP contribution in [0.1, 0.15) is 123 Å². The molecule has 3 aliphatic rings. The second-order valence-corrected chi connectivity index (χ2v) is 16.3. The molecule has 7 heteroatoms. The van der Waals surface area contributed by atoms with Crippen molar-refractivity contribution in [2.45, 2.75) is 123 Å². The van der Waals surface area contributed by atoms with Gasteiger partial charge in [0.25, 0.3) is 0 Å². The van der Waals surface area contributed by atoms with Crippen LogP contribution < -0.4 is 21.9 Å². The number of unbranched alkanes of at least 4 members (excludes halogenated alkanes) is 4. The second kappa shape index (κ2) is 18.2. The van der Waals surface area contributed by atoms with Crippen LogP contribution in [0.15, 0.2) is 94.7 Å². The van der Waals surface area contributed by atoms with E-state index >= 15 is 0 Å². The van der Waals surface area contributed by atoms with Gasteiger partial charge >= 0.3 is 5.97 Å². The Labute approximate surface area is 328 Å². The lowest BCUT2D eigenvalue weighted by molar-refractivity contribution is -0.438. The molecule has 0 aromatic heterocycles. The molecular formula is C45H58BrClN2O3. The van der Waals surface area contributed by atoms with E-state index in [1.54, 1.807) is 0 Å². The number of para-hydroxylation sites is 2. The summed E-state index contributed by atoms with van der Waals surface area (Å²) in [6.45, 7) is 15.0. The zero-order chi connectivity index (χ0) is 36.8. The quantitative estimate of drug-likeness (QED) is 0.137. The number of Topliss-reactive ketones (excluding diaryl/α,β-unsaturated/α-hetero) is 1. The summed E-state index contributed by atoms with van der Waals surface area (Å²) in [5, 5.41) is 9.94. The van der Waals surface area contributed by atoms with Gasteiger partial charge in [-0.25, -0.2) is 0 Å². The Morgan fingerprint density at radius 3 is 2.25 bits per heavy atom. The van der Waals surface area contributed by atoms with Crippen LogP contribution in [0.4, 0.5) is 11.4 Å². The standard InChI is InChI=1S/C45H57ClN2O3.BrH/c1-32(2)39(49)24-9-7-15-30-47-37-22-13-11-20-35(37)44(3,4)40(47)28-26-33-18-17-19-34(43(33)46)27-29-41-45(5,6)36-21-12-14-23-38(36)48(41)31-16-8-10-25-42(50)51;/h11-14,20-23,26-29,32H,7-10,15-19,24-25,30-31H2,1-6H3;1H. The molecule has 2 aromatic rings. The Morgan fingerprint density at radius 2 is 1.52 bits per heavy atom. The lowest BCUT2D eigenvalue weighted by Crippen LogP contribution is -3.00. The van der Waals surface area contributed by atoms with Crippen LogP contribution >= 0.6 is 11.6 Å². The number of rotatable bonds is 16. The molecule has 0 fully saturated rings. The van der Waals surface area contributed by atoms with Gasteiger partial charge in [0.05, 0.1) is 5.41 Å². The fourth-order valence-corrected chi connectivity index (χ4v) is 8.40. The van der Waals surface area contributed by atoms with Gasteiger partial charge in [-0.2, -0.15) is 4.58 Å². The number of hydrogen-bond acceptors (Lipinski definition) is 3. The number of carbonyl (C=O) groups is 2. The van der Waals surface area contributed by atoms with Gasteiger partial charge in [-0.05, 0) is 87.6 Å². The van der Waals surface area contributed by atoms with E-state index in [1.807, 2.05) is 13.8 Å². The number of aliphatic carboxylic acids is 1. The van der Waals surface area contributed by atoms with Crippen molar-refractivity contribution in [3.05, 3.63) is 106 Å². The zero-order valence-electron chi connectivity index (χ0n) is 32.1. The molecule has 2 aliphatic heterocycles. The molecule has 0 spiro atoms. The van der Waals surface area contributed by atoms with Gasteiger partial charge in [0.15, 0.2) is 5.71 Å². The number of ketones is 1. The van der Waals surface area contributed by atoms with Crippen molar-refractivity contribution in [3.63, 3.8) is 0 Å². The number of fused-ring (bicyclic) bond motifs is 2. The summed E-state index contributed by atoms with van der Waals surface area (Å²) in [6.07, 6.45) is 18.5. The van der Waals surface area contributed by atoms with Gasteiger partial charge in [0.1, 0.15) is 12.3 Å². The van der Waals surface area contributed by atoms with Crippen molar-refractivity contribution in [1.29, 1.82) is 0 Å². The van der Waals surface area contributed by atoms with Gasteiger partial charge < -0.3 is 27.0 Å². The molecule has 0 unspecified atom stereocenters. The van der Waals surface area contributed by atoms with Crippen LogP contribution in [0.2, 0.25) is 0 Å². The van der Waals surface area contributed by atoms with Gasteiger partial charge in [0.2, 0.25) is 5.69 Å². The summed E-state index contributed by atoms with van der Waals surface area (Å²) in [5.41, 5.74) is 9.81. The molecule has 5 rings (SSSR count). The molecular weight excluding hydrogens is 732 g/mol. The number of anilines is 1. The third-order valence-corrected chi connectivity index (χ3v) is 11.6. The summed E-state index contributed by atoms with van der Waals surface area (Å²) in [6, 6.07) is 17.4. The van der Waals surface area contributed by atoms with E-state index in [4.69, 9.17) is 16.7 Å². The second-order valence-electron chi connectivity index (χ2n) is 15.9. The van der Waals surface area contributed by atoms with Crippen LogP contribution in [0.5, 0.6) is 0 Å². The van der Waals surface area contributed by atoms with Gasteiger partial charge in [-0.15, -0.1) is 0 Å². The van der Waals surface area contributed by atoms with E-state index in [9.17, 15) is 9.59 Å². The molecule has 2 heterocycles. The van der Waals surface area contributed by atoms with Crippen molar-refractivity contribution in [3.8, 4) is 0 Å². The van der Waals surface area contributed by atoms with Gasteiger partial charge in [0, 0.05) is 71.3 Å². The summed E-state index contributed by atoms with van der Waals surface area (Å²) in [4.78, 5) is 25.6. The predicted molar refractivity (Wildman–Crippen MR) is 213 cm³/mol. The number of nitrogens with zero attached hydrogens (tertiary/aromatic N) is 2. The number of carboxylic acids is 1. The van der Waals surface area contributed by atoms with E-state index in [0.717, 1.165) is 69.5 Å². The highest BCUT2D eigenvalue weighted by molar-refractivity contribution is 6.32. The number of hydrogen-bond donors (Lipinski definition) is 1. The summed E-state index contributed by atoms with van der Waals surface area (Å²) in [7, 11) is 0. The summed E-state index contributed by atoms with van der Waals surface area (Å²) < 4.78 is 2.49. The maximum absolute atomic E-state index is 12.2. The van der Waals surface area contributed by atoms with E-state index < -0.39 is 5.97 Å². The fourth-order valence-electron chi connectivity index (χ4n) is 8.09. The predicted octanol–water partition coefficient (Wildman–Crippen LogP) is 8.34. The SMILES string of the molecule is CC(C)C(=O)CCCCC[N+]1=C(C=CC2=C(Cl)C(=CC=C3N(CCCCCC(=O)O)c4ccccc4C3(C)C)CCC2)C(C)(C)c2ccccc21.[Br-]. The molecule has 280 valence electrons. The van der Waals surface area contributed by atoms with Crippen LogP contribution in [-0.2, 0) is 20.4 Å². The molecule has 1 N–H and O–H groups in total. The first-order valence-corrected chi connectivity index (χ1v) is 19.6. The normalized spacial score (nSPS) is 19.2. The molecule has 1 aliphatic carbocycles. The largest absolute Gasteiger partial charge is 1.00 e. The lowest BCUT2D eigenvalue weighted by Gasteiger charge is -2.27. The molecule has 0 bridgehead atoms. The van der Waals surface area contributed by atoms with Crippen LogP contribution in [-0.4, -0.2) is 40.2 Å². The smallest absolute Gasteiger partial charge is 0.303 e. The van der Waals surface area contributed by atoms with E-state index in [2.05, 4.69) is 110 Å². The minimum Gasteiger partial charge on any atom is -1.00 e. The number of halogens is 2. The highest BCUT2D eigenvalue weighted by Crippen LogP contribution is 2.48. The van der Waals surface area contributed by atoms with Crippen molar-refractivity contribution in [1.82, 2.24) is 0 Å². The maximum Gasteiger partial charge on any atom is 0.303 e. The Bertz CT molecular complexity index is 1780. The highest BCUT2D eigenvalue weighted by Gasteiger charge is 2.44. The van der Waals surface area contributed by atoms with E-state index in [-0.39, 0.29) is 40.2 Å². The topological polar surface area (TPSA) is 60.6 Å². The summed E-state index contributed by atoms with van der Waals surface area (Å²) >= 11 is 7.24. The Morgan fingerprint density at radius 1 is 0.846 bits per heavy atom. The van der Waals surface area contributed by atoms with E-state index in [0.29, 0.717) is 18.6 Å². The third-order valence-electron chi connectivity index (χ3n) is 11.2. The molecule has 5 nitrogen and oxygen atoms in total. The Kier molecular flexibility index (Phi) is 14.5. The van der Waals surface area contributed by atoms with Crippen molar-refractivity contribution >= 4 is 40.4 Å². The first-order chi connectivity index (χ1) is 24.3. The number of carboxylic acid groups (broad SMARTS) is 1. The molecule has 0 saturated heterocycles. The molecule has 2 aromatic carbocycles. The van der Waals surface area contributed by atoms with Crippen molar-refractivity contribution in [2.24, 2.45) is 5.92 Å². The molecule has 0 saturated carbocycles. The first kappa shape index (κ1) is 41.5. The minimum atomic E-state index is -0.725. The average Bonchev–Trinajstić information content (AvgIpc) is 3.45. The first-order valence-electron chi connectivity index (χ1n) is 19.2. The highest BCUT2D eigenvalue weighted by atomic mass is 79.9. The zero-order valence-corrected chi connectivity index (χ0v) is 34.5. The lowest BCUT2D eigenvalue weighted by atomic mass is 9.81. The Balaban J connectivity index is 0.00000605. The molecule has 0 radical (unpaired) electrons. The number of allylic oxidation sites excluding steroid dienone is 8. The van der Waals surface area contributed by atoms with E-state index in [1.165, 1.54) is 45.1 Å². The fraction of sp³-hybridized carbons (Fsp3) is 0.489. The monoisotopic (exact) mass is 788 g/mol. The molecule has 0 atom stereocenters. The van der Waals surface area contributed by atoms with Crippen molar-refractivity contribution in [2.75, 3.05) is 18.0 Å². The average molecular weight is 790 g/mol. The number of carbonyl (C=O) groups excluding carboxylic acids is 1. The van der Waals surface area contributed by atoms with Crippen molar-refractivity contribution < 1.29 is 36.3 Å². The molecule has 0 amide bonds. The summed E-state index contributed by atoms with van der Waals surface area (Å²) in [5.74, 6) is -0.250. The molecule has 52 heavy (non-hydrogen) atoms. The van der Waals surface area contributed by atoms with Gasteiger partial charge in [-0.3, -0.25) is 9.59 Å². The maximum atomic E-state index is 12.2.